The number of carbonyl (C=O) groups is 2. The smallest absolute Gasteiger partial charge is 0.230 e. The highest BCUT2D eigenvalue weighted by Crippen LogP contribution is 2.19. The highest BCUT2D eigenvalue weighted by Gasteiger charge is 2.09. The standard InChI is InChI=1S/C20H18FN5O2/c1-13(27)22-15-6-4-7-16(12-15)23-18-9-10-19(26-25-18)24-20(28)11-14-5-2-3-8-17(14)21/h2-10,12H,11H2,1H3,(H,22,27)(H,23,25)(H,24,26,28). The minimum atomic E-state index is -0.426. The third-order valence-electron chi connectivity index (χ3n) is 3.70. The van der Waals surface area contributed by atoms with Gasteiger partial charge in [-0.1, -0.05) is 24.3 Å². The van der Waals surface area contributed by atoms with Crippen molar-refractivity contribution in [2.24, 2.45) is 0 Å². The van der Waals surface area contributed by atoms with E-state index >= 15 is 0 Å². The zero-order chi connectivity index (χ0) is 19.9. The lowest BCUT2D eigenvalue weighted by molar-refractivity contribution is -0.116. The molecule has 0 atom stereocenters. The van der Waals surface area contributed by atoms with Gasteiger partial charge in [0, 0.05) is 18.3 Å². The number of hydrogen-bond acceptors (Lipinski definition) is 5. The van der Waals surface area contributed by atoms with Crippen LogP contribution in [0.4, 0.5) is 27.4 Å². The fourth-order valence-corrected chi connectivity index (χ4v) is 2.49. The molecule has 2 aromatic carbocycles. The number of anilines is 4. The average Bonchev–Trinajstić information content (AvgIpc) is 2.65. The largest absolute Gasteiger partial charge is 0.339 e. The predicted octanol–water partition coefficient (Wildman–Crippen LogP) is 3.50. The van der Waals surface area contributed by atoms with Crippen molar-refractivity contribution < 1.29 is 14.0 Å². The molecule has 0 fully saturated rings. The fraction of sp³-hybridized carbons (Fsp3) is 0.100. The first-order chi connectivity index (χ1) is 13.5. The van der Waals surface area contributed by atoms with Crippen molar-refractivity contribution in [1.29, 1.82) is 0 Å². The minimum absolute atomic E-state index is 0.0930. The number of nitrogens with zero attached hydrogens (tertiary/aromatic N) is 2. The Hall–Kier alpha value is -3.81. The molecule has 0 radical (unpaired) electrons. The molecule has 0 aliphatic heterocycles. The van der Waals surface area contributed by atoms with Crippen LogP contribution >= 0.6 is 0 Å². The summed E-state index contributed by atoms with van der Waals surface area (Å²) in [4.78, 5) is 23.2. The van der Waals surface area contributed by atoms with E-state index in [1.54, 1.807) is 48.5 Å². The van der Waals surface area contributed by atoms with E-state index in [4.69, 9.17) is 0 Å². The van der Waals surface area contributed by atoms with Crippen molar-refractivity contribution in [2.75, 3.05) is 16.0 Å². The Morgan fingerprint density at radius 3 is 2.32 bits per heavy atom. The third-order valence-corrected chi connectivity index (χ3v) is 3.70. The zero-order valence-electron chi connectivity index (χ0n) is 15.1. The maximum atomic E-state index is 13.6. The molecule has 8 heteroatoms. The van der Waals surface area contributed by atoms with Crippen LogP contribution in [-0.4, -0.2) is 22.0 Å². The van der Waals surface area contributed by atoms with Crippen LogP contribution in [0.5, 0.6) is 0 Å². The van der Waals surface area contributed by atoms with Crippen LogP contribution in [0.2, 0.25) is 0 Å². The lowest BCUT2D eigenvalue weighted by atomic mass is 10.1. The predicted molar refractivity (Wildman–Crippen MR) is 105 cm³/mol. The Bertz CT molecular complexity index is 992. The first-order valence-corrected chi connectivity index (χ1v) is 8.51. The van der Waals surface area contributed by atoms with Gasteiger partial charge in [0.1, 0.15) is 5.82 Å². The zero-order valence-corrected chi connectivity index (χ0v) is 15.1. The molecule has 0 saturated carbocycles. The molecule has 1 heterocycles. The lowest BCUT2D eigenvalue weighted by Gasteiger charge is -2.09. The molecule has 7 nitrogen and oxygen atoms in total. The van der Waals surface area contributed by atoms with Gasteiger partial charge in [-0.2, -0.15) is 0 Å². The van der Waals surface area contributed by atoms with E-state index in [0.717, 1.165) is 5.69 Å². The summed E-state index contributed by atoms with van der Waals surface area (Å²) in [5.41, 5.74) is 1.68. The van der Waals surface area contributed by atoms with E-state index in [2.05, 4.69) is 26.1 Å². The molecule has 142 valence electrons. The molecular weight excluding hydrogens is 361 g/mol. The number of amides is 2. The Balaban J connectivity index is 1.60. The second kappa shape index (κ2) is 8.72. The van der Waals surface area contributed by atoms with Crippen molar-refractivity contribution in [3.05, 3.63) is 72.0 Å². The average molecular weight is 379 g/mol. The number of carbonyl (C=O) groups excluding carboxylic acids is 2. The van der Waals surface area contributed by atoms with E-state index in [-0.39, 0.29) is 24.1 Å². The lowest BCUT2D eigenvalue weighted by Crippen LogP contribution is -2.16. The van der Waals surface area contributed by atoms with Crippen molar-refractivity contribution in [2.45, 2.75) is 13.3 Å². The number of aromatic nitrogens is 2. The summed E-state index contributed by atoms with van der Waals surface area (Å²) < 4.78 is 13.6. The van der Waals surface area contributed by atoms with Gasteiger partial charge in [-0.05, 0) is 42.0 Å². The van der Waals surface area contributed by atoms with Gasteiger partial charge < -0.3 is 16.0 Å². The summed E-state index contributed by atoms with van der Waals surface area (Å²) in [5, 5.41) is 16.3. The van der Waals surface area contributed by atoms with Gasteiger partial charge >= 0.3 is 0 Å². The summed E-state index contributed by atoms with van der Waals surface area (Å²) in [6, 6.07) is 16.5. The Morgan fingerprint density at radius 2 is 1.61 bits per heavy atom. The molecule has 0 unspecified atom stereocenters. The van der Waals surface area contributed by atoms with E-state index in [1.807, 2.05) is 6.07 Å². The van der Waals surface area contributed by atoms with Gasteiger partial charge in [-0.25, -0.2) is 4.39 Å². The van der Waals surface area contributed by atoms with E-state index in [9.17, 15) is 14.0 Å². The molecule has 2 amide bonds. The van der Waals surface area contributed by atoms with Crippen LogP contribution in [0.3, 0.4) is 0 Å². The van der Waals surface area contributed by atoms with Crippen molar-refractivity contribution in [3.63, 3.8) is 0 Å². The molecule has 0 bridgehead atoms. The maximum absolute atomic E-state index is 13.6. The van der Waals surface area contributed by atoms with Crippen LogP contribution in [0, 0.1) is 5.82 Å². The quantitative estimate of drug-likeness (QED) is 0.609. The molecule has 28 heavy (non-hydrogen) atoms. The summed E-state index contributed by atoms with van der Waals surface area (Å²) in [6.45, 7) is 1.44. The molecule has 0 saturated heterocycles. The van der Waals surface area contributed by atoms with Crippen LogP contribution in [-0.2, 0) is 16.0 Å². The highest BCUT2D eigenvalue weighted by atomic mass is 19.1. The maximum Gasteiger partial charge on any atom is 0.230 e. The summed E-state index contributed by atoms with van der Waals surface area (Å²) in [6.07, 6.45) is -0.0930. The second-order valence-corrected chi connectivity index (χ2v) is 6.01. The Morgan fingerprint density at radius 1 is 0.893 bits per heavy atom. The Labute approximate surface area is 161 Å². The summed E-state index contributed by atoms with van der Waals surface area (Å²) in [5.74, 6) is -0.244. The molecule has 0 aliphatic rings. The molecule has 3 N–H and O–H groups in total. The molecular formula is C20H18FN5O2. The van der Waals surface area contributed by atoms with Crippen molar-refractivity contribution in [1.82, 2.24) is 10.2 Å². The van der Waals surface area contributed by atoms with Crippen LogP contribution < -0.4 is 16.0 Å². The minimum Gasteiger partial charge on any atom is -0.339 e. The summed E-state index contributed by atoms with van der Waals surface area (Å²) in [7, 11) is 0. The van der Waals surface area contributed by atoms with Gasteiger partial charge in [0.15, 0.2) is 11.6 Å². The topological polar surface area (TPSA) is 96.0 Å². The SMILES string of the molecule is CC(=O)Nc1cccc(Nc2ccc(NC(=O)Cc3ccccc3F)nn2)c1. The van der Waals surface area contributed by atoms with E-state index in [0.29, 0.717) is 17.1 Å². The highest BCUT2D eigenvalue weighted by molar-refractivity contribution is 5.91. The number of benzene rings is 2. The fourth-order valence-electron chi connectivity index (χ4n) is 2.49. The number of halogens is 1. The van der Waals surface area contributed by atoms with Gasteiger partial charge in [-0.15, -0.1) is 10.2 Å². The Kier molecular flexibility index (Phi) is 5.91. The first-order valence-electron chi connectivity index (χ1n) is 8.51. The molecule has 0 spiro atoms. The third kappa shape index (κ3) is 5.34. The molecule has 3 rings (SSSR count). The van der Waals surface area contributed by atoms with Gasteiger partial charge in [-0.3, -0.25) is 9.59 Å². The van der Waals surface area contributed by atoms with Crippen LogP contribution in [0.15, 0.2) is 60.7 Å². The van der Waals surface area contributed by atoms with Gasteiger partial charge in [0.25, 0.3) is 0 Å². The second-order valence-electron chi connectivity index (χ2n) is 6.01. The molecule has 1 aromatic heterocycles. The van der Waals surface area contributed by atoms with Crippen LogP contribution in [0.1, 0.15) is 12.5 Å². The summed E-state index contributed by atoms with van der Waals surface area (Å²) >= 11 is 0. The normalized spacial score (nSPS) is 10.2. The molecule has 0 aliphatic carbocycles. The van der Waals surface area contributed by atoms with Crippen molar-refractivity contribution in [3.8, 4) is 0 Å². The monoisotopic (exact) mass is 379 g/mol. The van der Waals surface area contributed by atoms with E-state index < -0.39 is 5.82 Å². The number of hydrogen-bond donors (Lipinski definition) is 3. The number of nitrogens with one attached hydrogen (secondary N) is 3. The number of rotatable bonds is 6. The first kappa shape index (κ1) is 19.0. The van der Waals surface area contributed by atoms with Crippen LogP contribution in [0.25, 0.3) is 0 Å². The van der Waals surface area contributed by atoms with E-state index in [1.165, 1.54) is 13.0 Å². The molecule has 3 aromatic rings. The van der Waals surface area contributed by atoms with Crippen molar-refractivity contribution >= 4 is 34.8 Å². The van der Waals surface area contributed by atoms with Gasteiger partial charge in [0.2, 0.25) is 11.8 Å². The van der Waals surface area contributed by atoms with Gasteiger partial charge in [0.05, 0.1) is 6.42 Å².